The number of ether oxygens (including phenoxy) is 2. The van der Waals surface area contributed by atoms with Crippen LogP contribution in [0, 0.1) is 0 Å². The van der Waals surface area contributed by atoms with Crippen molar-refractivity contribution < 1.29 is 19.1 Å². The molecule has 0 aromatic heterocycles. The predicted octanol–water partition coefficient (Wildman–Crippen LogP) is 1.09. The van der Waals surface area contributed by atoms with Crippen molar-refractivity contribution in [3.8, 4) is 5.75 Å². The van der Waals surface area contributed by atoms with E-state index in [1.165, 1.54) is 6.92 Å². The summed E-state index contributed by atoms with van der Waals surface area (Å²) in [5.74, 6) is -0.496. The van der Waals surface area contributed by atoms with E-state index in [0.717, 1.165) is 0 Å². The summed E-state index contributed by atoms with van der Waals surface area (Å²) in [7, 11) is 0. The molecule has 1 aromatic carbocycles. The van der Waals surface area contributed by atoms with Crippen molar-refractivity contribution in [2.45, 2.75) is 20.1 Å². The number of amides is 1. The molecule has 17 heavy (non-hydrogen) atoms. The molecular weight excluding hydrogens is 222 g/mol. The quantitative estimate of drug-likeness (QED) is 0.615. The smallest absolute Gasteiger partial charge is 0.369 e. The summed E-state index contributed by atoms with van der Waals surface area (Å²) in [6, 6.07) is 8.74. The van der Waals surface area contributed by atoms with Crippen LogP contribution in [0.2, 0.25) is 0 Å². The summed E-state index contributed by atoms with van der Waals surface area (Å²) in [5, 5.41) is 2.38. The molecule has 1 N–H and O–H groups in total. The molecule has 0 aliphatic carbocycles. The van der Waals surface area contributed by atoms with Crippen molar-refractivity contribution in [2.24, 2.45) is 0 Å². The minimum absolute atomic E-state index is 0.229. The van der Waals surface area contributed by atoms with Crippen LogP contribution in [0.3, 0.4) is 0 Å². The fourth-order valence-electron chi connectivity index (χ4n) is 1.17. The van der Waals surface area contributed by atoms with Crippen LogP contribution in [0.1, 0.15) is 13.8 Å². The molecule has 5 heteroatoms. The van der Waals surface area contributed by atoms with Crippen LogP contribution >= 0.6 is 0 Å². The molecule has 1 unspecified atom stereocenters. The van der Waals surface area contributed by atoms with Crippen LogP contribution in [0.25, 0.3) is 0 Å². The SMILES string of the molecule is CCOC(=O)C(NC(C)=O)Oc1ccccc1. The summed E-state index contributed by atoms with van der Waals surface area (Å²) in [5.41, 5.74) is 0. The largest absolute Gasteiger partial charge is 0.462 e. The Morgan fingerprint density at radius 3 is 2.47 bits per heavy atom. The van der Waals surface area contributed by atoms with Crippen LogP contribution < -0.4 is 10.1 Å². The first-order chi connectivity index (χ1) is 8.13. The van der Waals surface area contributed by atoms with Gasteiger partial charge >= 0.3 is 5.97 Å². The maximum atomic E-state index is 11.5. The first-order valence-corrected chi connectivity index (χ1v) is 5.29. The second-order valence-electron chi connectivity index (χ2n) is 3.26. The van der Waals surface area contributed by atoms with Crippen molar-refractivity contribution in [1.29, 1.82) is 0 Å². The van der Waals surface area contributed by atoms with Gasteiger partial charge in [0.25, 0.3) is 6.23 Å². The molecule has 0 saturated carbocycles. The average Bonchev–Trinajstić information content (AvgIpc) is 2.29. The number of rotatable bonds is 5. The maximum Gasteiger partial charge on any atom is 0.369 e. The lowest BCUT2D eigenvalue weighted by atomic mass is 10.3. The van der Waals surface area contributed by atoms with E-state index in [1.807, 2.05) is 6.07 Å². The van der Waals surface area contributed by atoms with Crippen molar-refractivity contribution in [1.82, 2.24) is 5.32 Å². The lowest BCUT2D eigenvalue weighted by Gasteiger charge is -2.17. The van der Waals surface area contributed by atoms with E-state index >= 15 is 0 Å². The molecular formula is C12H15NO4. The van der Waals surface area contributed by atoms with E-state index < -0.39 is 12.2 Å². The molecule has 0 spiro atoms. The predicted molar refractivity (Wildman–Crippen MR) is 61.3 cm³/mol. The number of esters is 1. The molecule has 5 nitrogen and oxygen atoms in total. The van der Waals surface area contributed by atoms with Crippen LogP contribution in [0.4, 0.5) is 0 Å². The number of hydrogen-bond acceptors (Lipinski definition) is 4. The third-order valence-corrected chi connectivity index (χ3v) is 1.83. The maximum absolute atomic E-state index is 11.5. The standard InChI is InChI=1S/C12H15NO4/c1-3-16-12(15)11(13-9(2)14)17-10-7-5-4-6-8-10/h4-8,11H,3H2,1-2H3,(H,13,14). The fraction of sp³-hybridized carbons (Fsp3) is 0.333. The van der Waals surface area contributed by atoms with Gasteiger partial charge in [0.15, 0.2) is 0 Å². The Morgan fingerprint density at radius 1 is 1.29 bits per heavy atom. The highest BCUT2D eigenvalue weighted by Gasteiger charge is 2.22. The molecule has 0 aliphatic heterocycles. The average molecular weight is 237 g/mol. The van der Waals surface area contributed by atoms with Gasteiger partial charge in [-0.15, -0.1) is 0 Å². The zero-order chi connectivity index (χ0) is 12.7. The molecule has 0 aliphatic rings. The third kappa shape index (κ3) is 4.55. The van der Waals surface area contributed by atoms with Gasteiger partial charge in [0.2, 0.25) is 5.91 Å². The molecule has 0 heterocycles. The Balaban J connectivity index is 2.70. The monoisotopic (exact) mass is 237 g/mol. The summed E-state index contributed by atoms with van der Waals surface area (Å²) >= 11 is 0. The van der Waals surface area contributed by atoms with Crippen molar-refractivity contribution >= 4 is 11.9 Å². The molecule has 0 bridgehead atoms. The van der Waals surface area contributed by atoms with Gasteiger partial charge in [-0.25, -0.2) is 4.79 Å². The van der Waals surface area contributed by atoms with Crippen molar-refractivity contribution in [3.05, 3.63) is 30.3 Å². The normalized spacial score (nSPS) is 11.4. The van der Waals surface area contributed by atoms with E-state index in [0.29, 0.717) is 5.75 Å². The summed E-state index contributed by atoms with van der Waals surface area (Å²) in [6.07, 6.45) is -1.12. The van der Waals surface area contributed by atoms with Gasteiger partial charge in [0.1, 0.15) is 5.75 Å². The molecule has 1 rings (SSSR count). The highest BCUT2D eigenvalue weighted by atomic mass is 16.6. The summed E-state index contributed by atoms with van der Waals surface area (Å²) in [6.45, 7) is 3.22. The Bertz CT molecular complexity index is 377. The Kier molecular flexibility index (Phi) is 5.00. The van der Waals surface area contributed by atoms with Gasteiger partial charge in [-0.1, -0.05) is 18.2 Å². The first kappa shape index (κ1) is 13.0. The van der Waals surface area contributed by atoms with Gasteiger partial charge in [-0.2, -0.15) is 0 Å². The number of nitrogens with one attached hydrogen (secondary N) is 1. The molecule has 1 amide bonds. The second-order valence-corrected chi connectivity index (χ2v) is 3.26. The molecule has 92 valence electrons. The van der Waals surface area contributed by atoms with Gasteiger partial charge in [0.05, 0.1) is 6.61 Å². The van der Waals surface area contributed by atoms with Crippen LogP contribution in [-0.4, -0.2) is 24.7 Å². The summed E-state index contributed by atoms with van der Waals surface area (Å²) in [4.78, 5) is 22.5. The van der Waals surface area contributed by atoms with E-state index in [1.54, 1.807) is 31.2 Å². The Labute approximate surface area is 99.7 Å². The number of carbonyl (C=O) groups excluding carboxylic acids is 2. The minimum Gasteiger partial charge on any atom is -0.462 e. The second kappa shape index (κ2) is 6.52. The molecule has 0 saturated heterocycles. The van der Waals surface area contributed by atoms with E-state index in [9.17, 15) is 9.59 Å². The van der Waals surface area contributed by atoms with Gasteiger partial charge in [0, 0.05) is 6.92 Å². The summed E-state index contributed by atoms with van der Waals surface area (Å²) < 4.78 is 10.1. The molecule has 0 radical (unpaired) electrons. The highest BCUT2D eigenvalue weighted by Crippen LogP contribution is 2.10. The molecule has 1 aromatic rings. The third-order valence-electron chi connectivity index (χ3n) is 1.83. The lowest BCUT2D eigenvalue weighted by molar-refractivity contribution is -0.155. The van der Waals surface area contributed by atoms with Crippen LogP contribution in [0.5, 0.6) is 5.75 Å². The fourth-order valence-corrected chi connectivity index (χ4v) is 1.17. The van der Waals surface area contributed by atoms with Crippen molar-refractivity contribution in [2.75, 3.05) is 6.61 Å². The number of hydrogen-bond donors (Lipinski definition) is 1. The van der Waals surface area contributed by atoms with Crippen LogP contribution in [0.15, 0.2) is 30.3 Å². The minimum atomic E-state index is -1.12. The van der Waals surface area contributed by atoms with E-state index in [2.05, 4.69) is 5.32 Å². The first-order valence-electron chi connectivity index (χ1n) is 5.29. The van der Waals surface area contributed by atoms with Crippen LogP contribution in [-0.2, 0) is 14.3 Å². The lowest BCUT2D eigenvalue weighted by Crippen LogP contribution is -2.45. The zero-order valence-electron chi connectivity index (χ0n) is 9.80. The zero-order valence-corrected chi connectivity index (χ0v) is 9.80. The number of para-hydroxylation sites is 1. The Hall–Kier alpha value is -2.04. The topological polar surface area (TPSA) is 64.6 Å². The van der Waals surface area contributed by atoms with Crippen molar-refractivity contribution in [3.63, 3.8) is 0 Å². The number of benzene rings is 1. The molecule has 1 atom stereocenters. The number of carbonyl (C=O) groups is 2. The van der Waals surface area contributed by atoms with Gasteiger partial charge in [-0.05, 0) is 19.1 Å². The van der Waals surface area contributed by atoms with Gasteiger partial charge in [-0.3, -0.25) is 4.79 Å². The Morgan fingerprint density at radius 2 is 1.94 bits per heavy atom. The highest BCUT2D eigenvalue weighted by molar-refractivity contribution is 5.82. The molecule has 0 fully saturated rings. The van der Waals surface area contributed by atoms with Gasteiger partial charge < -0.3 is 14.8 Å². The van der Waals surface area contributed by atoms with E-state index in [-0.39, 0.29) is 12.5 Å². The van der Waals surface area contributed by atoms with E-state index in [4.69, 9.17) is 9.47 Å².